The maximum absolute atomic E-state index is 6.27. The summed E-state index contributed by atoms with van der Waals surface area (Å²) < 4.78 is 6.27. The maximum atomic E-state index is 6.27. The van der Waals surface area contributed by atoms with E-state index in [9.17, 15) is 0 Å². The SMILES string of the molecule is C#CC[C@@H]1CCCN(c2nc(OC[C@@H]3CCCN3C)nc3c2CN(C2CCc4ccccc42)C3)C1. The van der Waals surface area contributed by atoms with Gasteiger partial charge in [0.25, 0.3) is 0 Å². The minimum Gasteiger partial charge on any atom is -0.462 e. The summed E-state index contributed by atoms with van der Waals surface area (Å²) in [5.74, 6) is 4.51. The molecule has 0 bridgehead atoms. The molecule has 0 saturated carbocycles. The number of rotatable bonds is 6. The topological polar surface area (TPSA) is 44.7 Å². The summed E-state index contributed by atoms with van der Waals surface area (Å²) in [5.41, 5.74) is 5.43. The molecule has 4 heterocycles. The van der Waals surface area contributed by atoms with E-state index >= 15 is 0 Å². The highest BCUT2D eigenvalue weighted by molar-refractivity contribution is 5.52. The number of benzene rings is 1. The first kappa shape index (κ1) is 22.8. The molecule has 1 aromatic carbocycles. The molecule has 6 nitrogen and oxygen atoms in total. The first-order chi connectivity index (χ1) is 17.2. The molecule has 35 heavy (non-hydrogen) atoms. The van der Waals surface area contributed by atoms with Crippen LogP contribution in [0.2, 0.25) is 0 Å². The van der Waals surface area contributed by atoms with Gasteiger partial charge in [0.1, 0.15) is 12.4 Å². The van der Waals surface area contributed by atoms with E-state index in [1.54, 1.807) is 0 Å². The average molecular weight is 472 g/mol. The Balaban J connectivity index is 1.27. The lowest BCUT2D eigenvalue weighted by Crippen LogP contribution is -2.37. The van der Waals surface area contributed by atoms with Gasteiger partial charge in [-0.3, -0.25) is 4.90 Å². The van der Waals surface area contributed by atoms with Gasteiger partial charge in [-0.25, -0.2) is 0 Å². The van der Waals surface area contributed by atoms with Crippen molar-refractivity contribution in [2.45, 2.75) is 70.1 Å². The van der Waals surface area contributed by atoms with Crippen molar-refractivity contribution in [1.82, 2.24) is 19.8 Å². The van der Waals surface area contributed by atoms with Crippen molar-refractivity contribution >= 4 is 5.82 Å². The van der Waals surface area contributed by atoms with Gasteiger partial charge in [-0.15, -0.1) is 12.3 Å². The summed E-state index contributed by atoms with van der Waals surface area (Å²) in [6, 6.07) is 10.4. The normalized spacial score (nSPS) is 26.5. The Bertz CT molecular complexity index is 1110. The number of hydrogen-bond acceptors (Lipinski definition) is 6. The van der Waals surface area contributed by atoms with Gasteiger partial charge in [-0.1, -0.05) is 24.3 Å². The largest absolute Gasteiger partial charge is 0.462 e. The van der Waals surface area contributed by atoms with E-state index in [0.717, 1.165) is 63.5 Å². The second-order valence-corrected chi connectivity index (χ2v) is 10.9. The van der Waals surface area contributed by atoms with Crippen LogP contribution in [0.3, 0.4) is 0 Å². The van der Waals surface area contributed by atoms with Crippen LogP contribution in [0.15, 0.2) is 24.3 Å². The van der Waals surface area contributed by atoms with Crippen LogP contribution in [0, 0.1) is 18.3 Å². The van der Waals surface area contributed by atoms with E-state index in [1.807, 2.05) is 0 Å². The molecule has 0 spiro atoms. The molecule has 4 aliphatic rings. The van der Waals surface area contributed by atoms with Crippen molar-refractivity contribution in [3.8, 4) is 18.4 Å². The van der Waals surface area contributed by atoms with Crippen LogP contribution < -0.4 is 9.64 Å². The van der Waals surface area contributed by atoms with E-state index in [0.29, 0.717) is 30.6 Å². The molecule has 2 aromatic rings. The summed E-state index contributed by atoms with van der Waals surface area (Å²) in [6.45, 7) is 5.59. The highest BCUT2D eigenvalue weighted by atomic mass is 16.5. The number of anilines is 1. The van der Waals surface area contributed by atoms with Crippen molar-refractivity contribution in [3.63, 3.8) is 0 Å². The lowest BCUT2D eigenvalue weighted by Gasteiger charge is -2.34. The van der Waals surface area contributed by atoms with Crippen molar-refractivity contribution < 1.29 is 4.74 Å². The number of likely N-dealkylation sites (tertiary alicyclic amines) is 1. The predicted molar refractivity (Wildman–Crippen MR) is 138 cm³/mol. The third-order valence-corrected chi connectivity index (χ3v) is 8.61. The lowest BCUT2D eigenvalue weighted by atomic mass is 9.95. The summed E-state index contributed by atoms with van der Waals surface area (Å²) in [5, 5.41) is 0. The highest BCUT2D eigenvalue weighted by Gasteiger charge is 2.36. The second kappa shape index (κ2) is 9.79. The van der Waals surface area contributed by atoms with Crippen LogP contribution in [0.25, 0.3) is 0 Å². The molecule has 3 atom stereocenters. The monoisotopic (exact) mass is 471 g/mol. The van der Waals surface area contributed by atoms with Gasteiger partial charge in [0.15, 0.2) is 0 Å². The van der Waals surface area contributed by atoms with E-state index in [1.165, 1.54) is 42.4 Å². The van der Waals surface area contributed by atoms with Crippen LogP contribution in [-0.4, -0.2) is 59.1 Å². The fraction of sp³-hybridized carbons (Fsp3) is 0.586. The number of fused-ring (bicyclic) bond motifs is 2. The van der Waals surface area contributed by atoms with Crippen LogP contribution in [0.1, 0.15) is 67.0 Å². The van der Waals surface area contributed by atoms with E-state index in [-0.39, 0.29) is 0 Å². The Morgan fingerprint density at radius 3 is 2.83 bits per heavy atom. The quantitative estimate of drug-likeness (QED) is 0.589. The molecular formula is C29H37N5O. The van der Waals surface area contributed by atoms with E-state index in [4.69, 9.17) is 21.1 Å². The summed E-state index contributed by atoms with van der Waals surface area (Å²) >= 11 is 0. The van der Waals surface area contributed by atoms with Crippen LogP contribution in [0.4, 0.5) is 5.82 Å². The average Bonchev–Trinajstić information content (AvgIpc) is 3.60. The molecule has 1 aromatic heterocycles. The Labute approximate surface area is 209 Å². The number of hydrogen-bond donors (Lipinski definition) is 0. The first-order valence-corrected chi connectivity index (χ1v) is 13.4. The van der Waals surface area contributed by atoms with E-state index < -0.39 is 0 Å². The number of ether oxygens (including phenoxy) is 1. The molecule has 6 rings (SSSR count). The van der Waals surface area contributed by atoms with Crippen molar-refractivity contribution in [2.75, 3.05) is 38.2 Å². The van der Waals surface area contributed by atoms with Crippen molar-refractivity contribution in [1.29, 1.82) is 0 Å². The van der Waals surface area contributed by atoms with Gasteiger partial charge in [0, 0.05) is 50.2 Å². The summed E-state index contributed by atoms with van der Waals surface area (Å²) in [6.07, 6.45) is 13.6. The smallest absolute Gasteiger partial charge is 0.318 e. The number of terminal acetylenes is 1. The van der Waals surface area contributed by atoms with Gasteiger partial charge >= 0.3 is 6.01 Å². The molecule has 0 radical (unpaired) electrons. The minimum atomic E-state index is 0.455. The molecule has 0 N–H and O–H groups in total. The molecular weight excluding hydrogens is 434 g/mol. The minimum absolute atomic E-state index is 0.455. The highest BCUT2D eigenvalue weighted by Crippen LogP contribution is 2.42. The molecule has 6 heteroatoms. The first-order valence-electron chi connectivity index (χ1n) is 13.4. The van der Waals surface area contributed by atoms with Gasteiger partial charge in [0.2, 0.25) is 0 Å². The van der Waals surface area contributed by atoms with Gasteiger partial charge in [0.05, 0.1) is 5.69 Å². The molecule has 184 valence electrons. The Morgan fingerprint density at radius 1 is 1.09 bits per heavy atom. The molecule has 2 fully saturated rings. The van der Waals surface area contributed by atoms with Crippen molar-refractivity contribution in [3.05, 3.63) is 46.6 Å². The van der Waals surface area contributed by atoms with Crippen LogP contribution in [0.5, 0.6) is 6.01 Å². The molecule has 0 amide bonds. The fourth-order valence-corrected chi connectivity index (χ4v) is 6.65. The number of aromatic nitrogens is 2. The number of aryl methyl sites for hydroxylation is 1. The molecule has 1 aliphatic carbocycles. The third-order valence-electron chi connectivity index (χ3n) is 8.61. The Hall–Kier alpha value is -2.62. The zero-order valence-corrected chi connectivity index (χ0v) is 21.0. The Morgan fingerprint density at radius 2 is 1.97 bits per heavy atom. The molecule has 2 saturated heterocycles. The maximum Gasteiger partial charge on any atom is 0.318 e. The second-order valence-electron chi connectivity index (χ2n) is 10.9. The summed E-state index contributed by atoms with van der Waals surface area (Å²) in [7, 11) is 2.19. The lowest BCUT2D eigenvalue weighted by molar-refractivity contribution is 0.186. The van der Waals surface area contributed by atoms with Gasteiger partial charge < -0.3 is 14.5 Å². The fourth-order valence-electron chi connectivity index (χ4n) is 6.65. The third kappa shape index (κ3) is 4.52. The van der Waals surface area contributed by atoms with Crippen LogP contribution in [-0.2, 0) is 19.5 Å². The molecule has 1 unspecified atom stereocenters. The number of piperidine rings is 1. The van der Waals surface area contributed by atoms with Crippen molar-refractivity contribution in [2.24, 2.45) is 5.92 Å². The number of likely N-dealkylation sites (N-methyl/N-ethyl adjacent to an activating group) is 1. The zero-order chi connectivity index (χ0) is 23.8. The van der Waals surface area contributed by atoms with Crippen LogP contribution >= 0.6 is 0 Å². The standard InChI is InChI=1S/C29H37N5O/c1-3-8-21-9-6-16-33(17-21)28-25-18-34(27-14-13-22-10-4-5-12-24(22)27)19-26(25)30-29(31-28)35-20-23-11-7-15-32(23)2/h1,4-5,10,12,21,23,27H,6-9,11,13-20H2,2H3/t21-,23+,27?/m1/s1. The van der Waals surface area contributed by atoms with Gasteiger partial charge in [-0.2, -0.15) is 9.97 Å². The number of nitrogens with zero attached hydrogens (tertiary/aromatic N) is 5. The van der Waals surface area contributed by atoms with E-state index in [2.05, 4.69) is 51.9 Å². The summed E-state index contributed by atoms with van der Waals surface area (Å²) in [4.78, 5) is 17.5. The predicted octanol–water partition coefficient (Wildman–Crippen LogP) is 4.19. The Kier molecular flexibility index (Phi) is 6.39. The zero-order valence-electron chi connectivity index (χ0n) is 21.0. The van der Waals surface area contributed by atoms with Gasteiger partial charge in [-0.05, 0) is 69.2 Å². The molecule has 3 aliphatic heterocycles.